The van der Waals surface area contributed by atoms with Gasteiger partial charge < -0.3 is 15.0 Å². The minimum Gasteiger partial charge on any atom is -0.468 e. The zero-order valence-electron chi connectivity index (χ0n) is 12.1. The van der Waals surface area contributed by atoms with Gasteiger partial charge in [0.1, 0.15) is 6.04 Å². The molecule has 4 heteroatoms. The zero-order chi connectivity index (χ0) is 13.4. The Morgan fingerprint density at radius 1 is 1.44 bits per heavy atom. The van der Waals surface area contributed by atoms with Gasteiger partial charge in [0.05, 0.1) is 7.11 Å². The number of carbonyl (C=O) groups excluding carboxylic acids is 1. The van der Waals surface area contributed by atoms with Crippen molar-refractivity contribution in [2.75, 3.05) is 33.3 Å². The van der Waals surface area contributed by atoms with E-state index in [0.29, 0.717) is 0 Å². The van der Waals surface area contributed by atoms with Crippen LogP contribution in [-0.2, 0) is 9.53 Å². The smallest absolute Gasteiger partial charge is 0.324 e. The molecule has 1 heterocycles. The number of nitrogens with zero attached hydrogens (tertiary/aromatic N) is 1. The minimum atomic E-state index is -0.177. The van der Waals surface area contributed by atoms with Crippen LogP contribution in [0.5, 0.6) is 0 Å². The normalized spacial score (nSPS) is 23.4. The first kappa shape index (κ1) is 15.4. The lowest BCUT2D eigenvalue weighted by molar-refractivity contribution is -0.143. The van der Waals surface area contributed by atoms with Crippen molar-refractivity contribution in [3.63, 3.8) is 0 Å². The molecule has 4 nitrogen and oxygen atoms in total. The third-order valence-electron chi connectivity index (χ3n) is 3.68. The summed E-state index contributed by atoms with van der Waals surface area (Å²) in [4.78, 5) is 14.1. The molecule has 0 saturated carbocycles. The first-order valence-electron chi connectivity index (χ1n) is 7.21. The van der Waals surface area contributed by atoms with E-state index in [0.717, 1.165) is 38.5 Å². The molecule has 0 aliphatic carbocycles. The number of rotatable bonds is 6. The Kier molecular flexibility index (Phi) is 7.28. The van der Waals surface area contributed by atoms with E-state index in [4.69, 9.17) is 4.74 Å². The monoisotopic (exact) mass is 256 g/mol. The third kappa shape index (κ3) is 5.36. The standard InChI is InChI=1S/C14H28N2O2/c1-4-8-15-13(14(17)18-3)11-16-9-5-6-12(2)7-10-16/h12-13,15H,4-11H2,1-3H3. The Balaban J connectivity index is 2.45. The van der Waals surface area contributed by atoms with E-state index >= 15 is 0 Å². The fraction of sp³-hybridized carbons (Fsp3) is 0.929. The van der Waals surface area contributed by atoms with Gasteiger partial charge in [0, 0.05) is 6.54 Å². The number of hydrogen-bond acceptors (Lipinski definition) is 4. The van der Waals surface area contributed by atoms with Gasteiger partial charge in [-0.3, -0.25) is 4.79 Å². The van der Waals surface area contributed by atoms with Crippen molar-refractivity contribution in [1.82, 2.24) is 10.2 Å². The van der Waals surface area contributed by atoms with Crippen LogP contribution < -0.4 is 5.32 Å². The number of carbonyl (C=O) groups is 1. The summed E-state index contributed by atoms with van der Waals surface area (Å²) in [5, 5.41) is 3.28. The maximum absolute atomic E-state index is 11.7. The minimum absolute atomic E-state index is 0.138. The lowest BCUT2D eigenvalue weighted by atomic mass is 10.0. The van der Waals surface area contributed by atoms with E-state index in [2.05, 4.69) is 24.1 Å². The molecule has 106 valence electrons. The number of ether oxygens (including phenoxy) is 1. The van der Waals surface area contributed by atoms with Crippen LogP contribution in [0.3, 0.4) is 0 Å². The van der Waals surface area contributed by atoms with Crippen LogP contribution in [-0.4, -0.2) is 50.2 Å². The SMILES string of the molecule is CCCNC(CN1CCCC(C)CC1)C(=O)OC. The Morgan fingerprint density at radius 2 is 2.22 bits per heavy atom. The highest BCUT2D eigenvalue weighted by atomic mass is 16.5. The molecule has 0 radical (unpaired) electrons. The Morgan fingerprint density at radius 3 is 2.89 bits per heavy atom. The lowest BCUT2D eigenvalue weighted by Crippen LogP contribution is -2.47. The second-order valence-electron chi connectivity index (χ2n) is 5.37. The van der Waals surface area contributed by atoms with Crippen molar-refractivity contribution in [1.29, 1.82) is 0 Å². The highest BCUT2D eigenvalue weighted by Crippen LogP contribution is 2.16. The zero-order valence-corrected chi connectivity index (χ0v) is 12.1. The average molecular weight is 256 g/mol. The Hall–Kier alpha value is -0.610. The molecule has 18 heavy (non-hydrogen) atoms. The van der Waals surface area contributed by atoms with Gasteiger partial charge in [0.2, 0.25) is 0 Å². The summed E-state index contributed by atoms with van der Waals surface area (Å²) in [6, 6.07) is -0.177. The second-order valence-corrected chi connectivity index (χ2v) is 5.37. The molecule has 1 fully saturated rings. The second kappa shape index (κ2) is 8.48. The number of methoxy groups -OCH3 is 1. The molecule has 0 aromatic rings. The molecule has 0 aromatic heterocycles. The number of nitrogens with one attached hydrogen (secondary N) is 1. The van der Waals surface area contributed by atoms with Crippen LogP contribution in [0.4, 0.5) is 0 Å². The average Bonchev–Trinajstić information content (AvgIpc) is 2.58. The van der Waals surface area contributed by atoms with Crippen LogP contribution in [0.15, 0.2) is 0 Å². The van der Waals surface area contributed by atoms with Crippen LogP contribution in [0, 0.1) is 5.92 Å². The first-order valence-corrected chi connectivity index (χ1v) is 7.21. The van der Waals surface area contributed by atoms with Gasteiger partial charge >= 0.3 is 5.97 Å². The van der Waals surface area contributed by atoms with Crippen molar-refractivity contribution in [3.05, 3.63) is 0 Å². The quantitative estimate of drug-likeness (QED) is 0.734. The molecular weight excluding hydrogens is 228 g/mol. The molecule has 1 N–H and O–H groups in total. The van der Waals surface area contributed by atoms with Gasteiger partial charge in [-0.2, -0.15) is 0 Å². The molecule has 1 aliphatic heterocycles. The topological polar surface area (TPSA) is 41.6 Å². The van der Waals surface area contributed by atoms with E-state index in [9.17, 15) is 4.79 Å². The maximum atomic E-state index is 11.7. The fourth-order valence-corrected chi connectivity index (χ4v) is 2.45. The third-order valence-corrected chi connectivity index (χ3v) is 3.68. The van der Waals surface area contributed by atoms with Crippen molar-refractivity contribution >= 4 is 5.97 Å². The van der Waals surface area contributed by atoms with Gasteiger partial charge in [-0.05, 0) is 51.2 Å². The van der Waals surface area contributed by atoms with Gasteiger partial charge in [-0.1, -0.05) is 13.8 Å². The van der Waals surface area contributed by atoms with Crippen LogP contribution in [0.25, 0.3) is 0 Å². The summed E-state index contributed by atoms with van der Waals surface area (Å²) in [7, 11) is 1.47. The van der Waals surface area contributed by atoms with E-state index in [1.807, 2.05) is 0 Å². The van der Waals surface area contributed by atoms with E-state index in [1.165, 1.54) is 26.4 Å². The largest absolute Gasteiger partial charge is 0.468 e. The summed E-state index contributed by atoms with van der Waals surface area (Å²) >= 11 is 0. The van der Waals surface area contributed by atoms with E-state index < -0.39 is 0 Å². The van der Waals surface area contributed by atoms with Gasteiger partial charge in [0.25, 0.3) is 0 Å². The van der Waals surface area contributed by atoms with Crippen LogP contribution in [0.1, 0.15) is 39.5 Å². The van der Waals surface area contributed by atoms with Gasteiger partial charge in [-0.25, -0.2) is 0 Å². The van der Waals surface area contributed by atoms with Gasteiger partial charge in [0.15, 0.2) is 0 Å². The van der Waals surface area contributed by atoms with Crippen molar-refractivity contribution < 1.29 is 9.53 Å². The van der Waals surface area contributed by atoms with Crippen molar-refractivity contribution in [3.8, 4) is 0 Å². The highest BCUT2D eigenvalue weighted by Gasteiger charge is 2.23. The Bertz CT molecular complexity index is 246. The van der Waals surface area contributed by atoms with E-state index in [1.54, 1.807) is 0 Å². The maximum Gasteiger partial charge on any atom is 0.324 e. The predicted octanol–water partition coefficient (Wildman–Crippen LogP) is 1.65. The first-order chi connectivity index (χ1) is 8.67. The number of likely N-dealkylation sites (tertiary alicyclic amines) is 1. The molecule has 0 amide bonds. The fourth-order valence-electron chi connectivity index (χ4n) is 2.45. The lowest BCUT2D eigenvalue weighted by Gasteiger charge is -2.25. The van der Waals surface area contributed by atoms with E-state index in [-0.39, 0.29) is 12.0 Å². The summed E-state index contributed by atoms with van der Waals surface area (Å²) in [5.41, 5.74) is 0. The van der Waals surface area contributed by atoms with Crippen molar-refractivity contribution in [2.24, 2.45) is 5.92 Å². The van der Waals surface area contributed by atoms with Crippen molar-refractivity contribution in [2.45, 2.75) is 45.6 Å². The summed E-state index contributed by atoms with van der Waals surface area (Å²) in [6.07, 6.45) is 4.82. The van der Waals surface area contributed by atoms with Crippen LogP contribution >= 0.6 is 0 Å². The summed E-state index contributed by atoms with van der Waals surface area (Å²) < 4.78 is 4.88. The molecule has 1 aliphatic rings. The molecular formula is C14H28N2O2. The molecule has 2 atom stereocenters. The molecule has 1 saturated heterocycles. The van der Waals surface area contributed by atoms with Crippen LogP contribution in [0.2, 0.25) is 0 Å². The summed E-state index contributed by atoms with van der Waals surface area (Å²) in [5.74, 6) is 0.677. The summed E-state index contributed by atoms with van der Waals surface area (Å²) in [6.45, 7) is 8.27. The molecule has 1 rings (SSSR count). The highest BCUT2D eigenvalue weighted by molar-refractivity contribution is 5.75. The number of hydrogen-bond donors (Lipinski definition) is 1. The molecule has 2 unspecified atom stereocenters. The predicted molar refractivity (Wildman–Crippen MR) is 73.6 cm³/mol. The Labute approximate surface area is 111 Å². The molecule has 0 aromatic carbocycles. The molecule has 0 spiro atoms. The molecule has 0 bridgehead atoms. The van der Waals surface area contributed by atoms with Gasteiger partial charge in [-0.15, -0.1) is 0 Å². The number of esters is 1.